The smallest absolute Gasteiger partial charge is 0.337 e. The monoisotopic (exact) mass is 595 g/mol. The third-order valence-electron chi connectivity index (χ3n) is 7.50. The number of methoxy groups -OCH3 is 1. The molecule has 3 aliphatic rings. The number of hydrogen-bond donors (Lipinski definition) is 5. The molecule has 6 rings (SSSR count). The number of ether oxygens (including phenoxy) is 3. The molecule has 0 spiro atoms. The van der Waals surface area contributed by atoms with E-state index in [1.807, 2.05) is 0 Å². The Hall–Kier alpha value is -4.42. The van der Waals surface area contributed by atoms with Gasteiger partial charge in [0.1, 0.15) is 18.3 Å². The summed E-state index contributed by atoms with van der Waals surface area (Å²) in [7, 11) is 1.29. The molecule has 6 atom stereocenters. The zero-order valence-corrected chi connectivity index (χ0v) is 22.9. The number of aromatic nitrogens is 4. The standard InChI is InChI=1S/C26H29N9O8/c1-41-23(39)14-4-2-13(3-5-14)8-27-25(40)26(11-29-34-33-26)24-31-20(30-15-6-7-42-10-15)17-21(32-24)35(12-28-17)22-19(38)18(37)16(9-36)43-22/h2-5,11-12,15-16,18-19,22,36-38H,6-10H2,1H3,(H,27,40)(H,30,31,32)/t15-,16-,18-,19+,22-,26?/m1/s1. The molecular formula is C26H29N9O8. The summed E-state index contributed by atoms with van der Waals surface area (Å²) in [5, 5.41) is 48.3. The van der Waals surface area contributed by atoms with Gasteiger partial charge in [0, 0.05) is 13.2 Å². The van der Waals surface area contributed by atoms with Crippen molar-refractivity contribution >= 4 is 35.1 Å². The van der Waals surface area contributed by atoms with Crippen molar-refractivity contribution in [2.45, 2.75) is 49.1 Å². The minimum atomic E-state index is -1.85. The zero-order valence-electron chi connectivity index (χ0n) is 22.9. The summed E-state index contributed by atoms with van der Waals surface area (Å²) in [6, 6.07) is 6.43. The van der Waals surface area contributed by atoms with E-state index in [4.69, 9.17) is 14.2 Å². The molecule has 17 nitrogen and oxygen atoms in total. The number of esters is 1. The van der Waals surface area contributed by atoms with E-state index < -0.39 is 48.6 Å². The van der Waals surface area contributed by atoms with Gasteiger partial charge in [-0.05, 0) is 29.3 Å². The number of imidazole rings is 1. The summed E-state index contributed by atoms with van der Waals surface area (Å²) >= 11 is 0. The lowest BCUT2D eigenvalue weighted by Crippen LogP contribution is -2.44. The van der Waals surface area contributed by atoms with Crippen LogP contribution >= 0.6 is 0 Å². The number of hydrogen-bond acceptors (Lipinski definition) is 15. The topological polar surface area (TPSA) is 227 Å². The fourth-order valence-electron chi connectivity index (χ4n) is 5.06. The first kappa shape index (κ1) is 28.7. The van der Waals surface area contributed by atoms with Gasteiger partial charge in [-0.1, -0.05) is 12.1 Å². The number of benzene rings is 1. The van der Waals surface area contributed by atoms with Crippen molar-refractivity contribution in [3.63, 3.8) is 0 Å². The molecule has 17 heteroatoms. The van der Waals surface area contributed by atoms with Crippen molar-refractivity contribution in [1.29, 1.82) is 0 Å². The highest BCUT2D eigenvalue weighted by Crippen LogP contribution is 2.35. The lowest BCUT2D eigenvalue weighted by molar-refractivity contribution is -0.124. The molecule has 0 saturated carbocycles. The normalized spacial score (nSPS) is 28.0. The number of nitrogens with one attached hydrogen (secondary N) is 2. The van der Waals surface area contributed by atoms with Crippen LogP contribution in [0.5, 0.6) is 0 Å². The second-order valence-corrected chi connectivity index (χ2v) is 10.2. The molecule has 0 bridgehead atoms. The minimum Gasteiger partial charge on any atom is -0.465 e. The molecule has 226 valence electrons. The van der Waals surface area contributed by atoms with Crippen molar-refractivity contribution in [3.05, 3.63) is 47.5 Å². The predicted octanol–water partition coefficient (Wildman–Crippen LogP) is -0.611. The van der Waals surface area contributed by atoms with Crippen molar-refractivity contribution < 1.29 is 39.1 Å². The first-order valence-corrected chi connectivity index (χ1v) is 13.5. The Kier molecular flexibility index (Phi) is 7.80. The minimum absolute atomic E-state index is 0.0820. The molecule has 5 N–H and O–H groups in total. The third kappa shape index (κ3) is 5.21. The molecule has 2 fully saturated rings. The van der Waals surface area contributed by atoms with Crippen molar-refractivity contribution in [1.82, 2.24) is 24.8 Å². The lowest BCUT2D eigenvalue weighted by Gasteiger charge is -2.22. The number of anilines is 1. The van der Waals surface area contributed by atoms with Gasteiger partial charge in [-0.15, -0.1) is 10.2 Å². The zero-order chi connectivity index (χ0) is 30.1. The second kappa shape index (κ2) is 11.7. The molecule has 3 aromatic rings. The average molecular weight is 596 g/mol. The Balaban J connectivity index is 1.36. The number of fused-ring (bicyclic) bond motifs is 1. The van der Waals surface area contributed by atoms with Crippen LogP contribution in [-0.2, 0) is 31.1 Å². The van der Waals surface area contributed by atoms with Crippen LogP contribution in [0.2, 0.25) is 0 Å². The van der Waals surface area contributed by atoms with Gasteiger partial charge in [-0.2, -0.15) is 0 Å². The Morgan fingerprint density at radius 2 is 2.00 bits per heavy atom. The molecule has 2 aromatic heterocycles. The molecule has 1 aromatic carbocycles. The highest BCUT2D eigenvalue weighted by atomic mass is 16.6. The number of aliphatic hydroxyl groups is 3. The summed E-state index contributed by atoms with van der Waals surface area (Å²) < 4.78 is 17.3. The van der Waals surface area contributed by atoms with E-state index in [1.54, 1.807) is 24.3 Å². The van der Waals surface area contributed by atoms with Gasteiger partial charge < -0.3 is 40.2 Å². The maximum Gasteiger partial charge on any atom is 0.337 e. The maximum atomic E-state index is 13.7. The van der Waals surface area contributed by atoms with Crippen LogP contribution in [0, 0.1) is 0 Å². The van der Waals surface area contributed by atoms with Gasteiger partial charge in [-0.3, -0.25) is 9.36 Å². The average Bonchev–Trinajstić information content (AvgIpc) is 3.84. The van der Waals surface area contributed by atoms with E-state index in [0.717, 1.165) is 0 Å². The summed E-state index contributed by atoms with van der Waals surface area (Å²) in [5.74, 6) is -0.905. The van der Waals surface area contributed by atoms with Crippen LogP contribution in [0.25, 0.3) is 11.2 Å². The highest BCUT2D eigenvalue weighted by molar-refractivity contribution is 6.04. The van der Waals surface area contributed by atoms with Crippen molar-refractivity contribution in [2.75, 3.05) is 32.2 Å². The number of nitrogens with zero attached hydrogens (tertiary/aromatic N) is 7. The van der Waals surface area contributed by atoms with Crippen molar-refractivity contribution in [3.8, 4) is 0 Å². The number of aliphatic hydroxyl groups excluding tert-OH is 3. The van der Waals surface area contributed by atoms with Gasteiger partial charge in [0.25, 0.3) is 11.4 Å². The maximum absolute atomic E-state index is 13.7. The first-order valence-electron chi connectivity index (χ1n) is 13.5. The Bertz CT molecular complexity index is 1560. The van der Waals surface area contributed by atoms with Gasteiger partial charge in [0.05, 0.1) is 44.5 Å². The molecule has 1 amide bonds. The van der Waals surface area contributed by atoms with Crippen LogP contribution in [0.3, 0.4) is 0 Å². The molecule has 0 aliphatic carbocycles. The largest absolute Gasteiger partial charge is 0.465 e. The van der Waals surface area contributed by atoms with E-state index >= 15 is 0 Å². The van der Waals surface area contributed by atoms with E-state index in [1.165, 1.54) is 24.2 Å². The second-order valence-electron chi connectivity index (χ2n) is 10.2. The highest BCUT2D eigenvalue weighted by Gasteiger charge is 2.47. The lowest BCUT2D eigenvalue weighted by atomic mass is 9.99. The van der Waals surface area contributed by atoms with Crippen LogP contribution in [0.1, 0.15) is 34.4 Å². The van der Waals surface area contributed by atoms with Crippen LogP contribution in [0.15, 0.2) is 46.0 Å². The van der Waals surface area contributed by atoms with E-state index in [2.05, 4.69) is 41.0 Å². The van der Waals surface area contributed by atoms with Gasteiger partial charge in [-0.25, -0.2) is 19.7 Å². The van der Waals surface area contributed by atoms with E-state index in [0.29, 0.717) is 36.3 Å². The predicted molar refractivity (Wildman–Crippen MR) is 146 cm³/mol. The van der Waals surface area contributed by atoms with Gasteiger partial charge in [0.15, 0.2) is 29.0 Å². The van der Waals surface area contributed by atoms with Crippen LogP contribution < -0.4 is 10.6 Å². The van der Waals surface area contributed by atoms with Gasteiger partial charge in [0.2, 0.25) is 0 Å². The van der Waals surface area contributed by atoms with Crippen molar-refractivity contribution in [2.24, 2.45) is 15.4 Å². The van der Waals surface area contributed by atoms with Crippen LogP contribution in [0.4, 0.5) is 5.82 Å². The number of amides is 1. The van der Waals surface area contributed by atoms with Crippen LogP contribution in [-0.4, -0.2) is 104 Å². The summed E-state index contributed by atoms with van der Waals surface area (Å²) in [5.41, 5.74) is -0.305. The molecule has 5 heterocycles. The molecule has 43 heavy (non-hydrogen) atoms. The SMILES string of the molecule is COC(=O)c1ccc(CNC(=O)C2(c3nc(N[C@@H]4CCOC4)c4ncn([C@@H]5O[C@H](CO)[C@@H](O)[C@@H]5O)c4n3)C=NN=N2)cc1. The third-order valence-corrected chi connectivity index (χ3v) is 7.50. The number of carbonyl (C=O) groups excluding carboxylic acids is 2. The Morgan fingerprint density at radius 1 is 1.19 bits per heavy atom. The molecular weight excluding hydrogens is 566 g/mol. The molecule has 1 unspecified atom stereocenters. The molecule has 3 aliphatic heterocycles. The molecule has 2 saturated heterocycles. The van der Waals surface area contributed by atoms with E-state index in [-0.39, 0.29) is 29.9 Å². The number of rotatable bonds is 9. The number of carbonyl (C=O) groups is 2. The summed E-state index contributed by atoms with van der Waals surface area (Å²) in [6.07, 6.45) is -1.62. The molecule has 0 radical (unpaired) electrons. The van der Waals surface area contributed by atoms with Gasteiger partial charge >= 0.3 is 5.97 Å². The summed E-state index contributed by atoms with van der Waals surface area (Å²) in [4.78, 5) is 39.1. The quantitative estimate of drug-likeness (QED) is 0.195. The fourth-order valence-corrected chi connectivity index (χ4v) is 5.06. The summed E-state index contributed by atoms with van der Waals surface area (Å²) in [6.45, 7) is 0.557. The Labute approximate surface area is 243 Å². The Morgan fingerprint density at radius 3 is 2.65 bits per heavy atom. The first-order chi connectivity index (χ1) is 20.8. The fraction of sp³-hybridized carbons (Fsp3) is 0.462. The van der Waals surface area contributed by atoms with E-state index in [9.17, 15) is 24.9 Å².